The molecule has 0 spiro atoms. The lowest BCUT2D eigenvalue weighted by Crippen LogP contribution is -2.47. The van der Waals surface area contributed by atoms with Crippen LogP contribution >= 0.6 is 23.2 Å². The van der Waals surface area contributed by atoms with Gasteiger partial charge in [0.25, 0.3) is 5.91 Å². The third-order valence-corrected chi connectivity index (χ3v) is 7.39. The Morgan fingerprint density at radius 1 is 1.00 bits per heavy atom. The molecule has 3 aromatic rings. The van der Waals surface area contributed by atoms with Crippen molar-refractivity contribution >= 4 is 34.8 Å². The SMILES string of the molecule is CCn1c(-c2ccccc2)cc(C(=O)NCCCN2CCN(c3cccc(Cl)c3Cl)CC2)c1C. The van der Waals surface area contributed by atoms with E-state index >= 15 is 0 Å². The summed E-state index contributed by atoms with van der Waals surface area (Å²) in [6.45, 7) is 10.4. The molecule has 180 valence electrons. The Morgan fingerprint density at radius 2 is 1.74 bits per heavy atom. The molecule has 0 bridgehead atoms. The number of aromatic nitrogens is 1. The predicted molar refractivity (Wildman–Crippen MR) is 142 cm³/mol. The fraction of sp³-hybridized carbons (Fsp3) is 0.370. The van der Waals surface area contributed by atoms with Gasteiger partial charge < -0.3 is 14.8 Å². The molecule has 1 saturated heterocycles. The summed E-state index contributed by atoms with van der Waals surface area (Å²) < 4.78 is 2.20. The minimum Gasteiger partial charge on any atom is -0.368 e. The van der Waals surface area contributed by atoms with Gasteiger partial charge in [-0.15, -0.1) is 0 Å². The highest BCUT2D eigenvalue weighted by molar-refractivity contribution is 6.43. The highest BCUT2D eigenvalue weighted by atomic mass is 35.5. The van der Waals surface area contributed by atoms with E-state index in [4.69, 9.17) is 23.2 Å². The van der Waals surface area contributed by atoms with Gasteiger partial charge in [0.2, 0.25) is 0 Å². The Bertz CT molecular complexity index is 1120. The van der Waals surface area contributed by atoms with Crippen LogP contribution in [0.1, 0.15) is 29.4 Å². The standard InChI is InChI=1S/C27H32Cl2N4O/c1-3-33-20(2)22(19-25(33)21-9-5-4-6-10-21)27(34)30-13-8-14-31-15-17-32(18-16-31)24-12-7-11-23(28)26(24)29/h4-7,9-12,19H,3,8,13-18H2,1-2H3,(H,30,34). The Morgan fingerprint density at radius 3 is 2.44 bits per heavy atom. The lowest BCUT2D eigenvalue weighted by atomic mass is 10.1. The smallest absolute Gasteiger partial charge is 0.253 e. The molecule has 1 fully saturated rings. The van der Waals surface area contributed by atoms with Crippen LogP contribution < -0.4 is 10.2 Å². The molecule has 1 amide bonds. The maximum atomic E-state index is 12.9. The third-order valence-electron chi connectivity index (χ3n) is 6.58. The monoisotopic (exact) mass is 498 g/mol. The number of amides is 1. The fourth-order valence-electron chi connectivity index (χ4n) is 4.68. The molecule has 1 aromatic heterocycles. The first kappa shape index (κ1) is 24.6. The average molecular weight is 499 g/mol. The van der Waals surface area contributed by atoms with Gasteiger partial charge >= 0.3 is 0 Å². The van der Waals surface area contributed by atoms with Crippen molar-refractivity contribution in [1.82, 2.24) is 14.8 Å². The van der Waals surface area contributed by atoms with Gasteiger partial charge in [-0.2, -0.15) is 0 Å². The summed E-state index contributed by atoms with van der Waals surface area (Å²) >= 11 is 12.6. The van der Waals surface area contributed by atoms with Crippen LogP contribution in [0.2, 0.25) is 10.0 Å². The summed E-state index contributed by atoms with van der Waals surface area (Å²) in [5.74, 6) is 0.00213. The van der Waals surface area contributed by atoms with Crippen LogP contribution in [0, 0.1) is 6.92 Å². The van der Waals surface area contributed by atoms with E-state index in [-0.39, 0.29) is 5.91 Å². The zero-order valence-corrected chi connectivity index (χ0v) is 21.4. The van der Waals surface area contributed by atoms with Crippen LogP contribution in [-0.4, -0.2) is 54.6 Å². The molecule has 0 unspecified atom stereocenters. The number of hydrogen-bond donors (Lipinski definition) is 1. The minimum absolute atomic E-state index is 0.00213. The quantitative estimate of drug-likeness (QED) is 0.403. The van der Waals surface area contributed by atoms with Gasteiger partial charge in [-0.1, -0.05) is 59.6 Å². The largest absolute Gasteiger partial charge is 0.368 e. The molecule has 0 radical (unpaired) electrons. The summed E-state index contributed by atoms with van der Waals surface area (Å²) in [6.07, 6.45) is 0.919. The van der Waals surface area contributed by atoms with E-state index in [1.54, 1.807) is 0 Å². The molecular formula is C27H32Cl2N4O. The van der Waals surface area contributed by atoms with E-state index in [2.05, 4.69) is 38.7 Å². The number of anilines is 1. The number of halogens is 2. The van der Waals surface area contributed by atoms with E-state index in [0.717, 1.165) is 73.9 Å². The topological polar surface area (TPSA) is 40.5 Å². The number of carbonyl (C=O) groups excluding carboxylic acids is 1. The molecule has 34 heavy (non-hydrogen) atoms. The van der Waals surface area contributed by atoms with Gasteiger partial charge in [-0.25, -0.2) is 0 Å². The average Bonchev–Trinajstić information content (AvgIpc) is 3.20. The van der Waals surface area contributed by atoms with Gasteiger partial charge in [-0.05, 0) is 50.6 Å². The Labute approximate surface area is 212 Å². The van der Waals surface area contributed by atoms with Crippen molar-refractivity contribution in [2.45, 2.75) is 26.8 Å². The number of nitrogens with zero attached hydrogens (tertiary/aromatic N) is 3. The molecule has 1 N–H and O–H groups in total. The van der Waals surface area contributed by atoms with Crippen molar-refractivity contribution in [3.8, 4) is 11.3 Å². The molecule has 0 atom stereocenters. The van der Waals surface area contributed by atoms with Gasteiger partial charge in [0.05, 0.1) is 21.3 Å². The number of piperazine rings is 1. The molecule has 1 aliphatic rings. The number of carbonyl (C=O) groups is 1. The molecule has 0 aliphatic carbocycles. The van der Waals surface area contributed by atoms with Crippen molar-refractivity contribution in [2.75, 3.05) is 44.2 Å². The molecule has 1 aliphatic heterocycles. The highest BCUT2D eigenvalue weighted by Crippen LogP contribution is 2.33. The maximum Gasteiger partial charge on any atom is 0.253 e. The van der Waals surface area contributed by atoms with Gasteiger partial charge in [-0.3, -0.25) is 9.69 Å². The normalized spacial score (nSPS) is 14.4. The second kappa shape index (κ2) is 11.3. The second-order valence-corrected chi connectivity index (χ2v) is 9.44. The van der Waals surface area contributed by atoms with Crippen LogP contribution in [0.5, 0.6) is 0 Å². The van der Waals surface area contributed by atoms with Gasteiger partial charge in [0.15, 0.2) is 0 Å². The predicted octanol–water partition coefficient (Wildman–Crippen LogP) is 5.73. The second-order valence-electron chi connectivity index (χ2n) is 8.65. The summed E-state index contributed by atoms with van der Waals surface area (Å²) in [6, 6.07) is 18.0. The lowest BCUT2D eigenvalue weighted by Gasteiger charge is -2.36. The molecule has 4 rings (SSSR count). The van der Waals surface area contributed by atoms with Crippen LogP contribution in [0.3, 0.4) is 0 Å². The fourth-order valence-corrected chi connectivity index (χ4v) is 5.09. The van der Waals surface area contributed by atoms with Crippen molar-refractivity contribution in [2.24, 2.45) is 0 Å². The first-order valence-corrected chi connectivity index (χ1v) is 12.7. The number of hydrogen-bond acceptors (Lipinski definition) is 3. The van der Waals surface area contributed by atoms with Crippen LogP contribution in [0.4, 0.5) is 5.69 Å². The van der Waals surface area contributed by atoms with Crippen molar-refractivity contribution in [3.05, 3.63) is 75.9 Å². The number of nitrogens with one attached hydrogen (secondary N) is 1. The molecule has 2 heterocycles. The van der Waals surface area contributed by atoms with Crippen LogP contribution in [0.25, 0.3) is 11.3 Å². The third kappa shape index (κ3) is 5.43. The van der Waals surface area contributed by atoms with Crippen molar-refractivity contribution < 1.29 is 4.79 Å². The molecule has 0 saturated carbocycles. The Kier molecular flexibility index (Phi) is 8.19. The van der Waals surface area contributed by atoms with Gasteiger partial charge in [0.1, 0.15) is 0 Å². The van der Waals surface area contributed by atoms with Crippen molar-refractivity contribution in [1.29, 1.82) is 0 Å². The molecular weight excluding hydrogens is 467 g/mol. The molecule has 7 heteroatoms. The van der Waals surface area contributed by atoms with Gasteiger partial charge in [0, 0.05) is 50.7 Å². The maximum absolute atomic E-state index is 12.9. The summed E-state index contributed by atoms with van der Waals surface area (Å²) in [7, 11) is 0. The first-order valence-electron chi connectivity index (χ1n) is 11.9. The van der Waals surface area contributed by atoms with E-state index in [1.807, 2.05) is 49.4 Å². The van der Waals surface area contributed by atoms with E-state index in [9.17, 15) is 4.79 Å². The number of rotatable bonds is 8. The first-order chi connectivity index (χ1) is 16.5. The lowest BCUT2D eigenvalue weighted by molar-refractivity contribution is 0.0950. The van der Waals surface area contributed by atoms with E-state index < -0.39 is 0 Å². The Hall–Kier alpha value is -2.47. The van der Waals surface area contributed by atoms with Crippen LogP contribution in [-0.2, 0) is 6.54 Å². The summed E-state index contributed by atoms with van der Waals surface area (Å²) in [4.78, 5) is 17.6. The van der Waals surface area contributed by atoms with Crippen molar-refractivity contribution in [3.63, 3.8) is 0 Å². The van der Waals surface area contributed by atoms with E-state index in [1.165, 1.54) is 0 Å². The Balaban J connectivity index is 1.26. The zero-order chi connectivity index (χ0) is 24.1. The summed E-state index contributed by atoms with van der Waals surface area (Å²) in [5, 5.41) is 4.35. The molecule has 2 aromatic carbocycles. The highest BCUT2D eigenvalue weighted by Gasteiger charge is 2.20. The summed E-state index contributed by atoms with van der Waals surface area (Å²) in [5.41, 5.74) is 4.99. The van der Waals surface area contributed by atoms with E-state index in [0.29, 0.717) is 16.6 Å². The zero-order valence-electron chi connectivity index (χ0n) is 19.9. The van der Waals surface area contributed by atoms with Crippen LogP contribution in [0.15, 0.2) is 54.6 Å². The number of benzene rings is 2. The minimum atomic E-state index is 0.00213. The molecule has 5 nitrogen and oxygen atoms in total.